The molecule has 120 valence electrons. The summed E-state index contributed by atoms with van der Waals surface area (Å²) in [6, 6.07) is 0.367. The van der Waals surface area contributed by atoms with E-state index in [0.29, 0.717) is 6.07 Å². The zero-order valence-corrected chi connectivity index (χ0v) is 10.6. The summed E-state index contributed by atoms with van der Waals surface area (Å²) in [5.41, 5.74) is 0. The molecule has 0 fully saturated rings. The molecule has 23 heavy (non-hydrogen) atoms. The molecule has 0 saturated heterocycles. The lowest BCUT2D eigenvalue weighted by atomic mass is 9.99. The highest BCUT2D eigenvalue weighted by Gasteiger charge is 2.28. The van der Waals surface area contributed by atoms with Crippen molar-refractivity contribution in [1.82, 2.24) is 0 Å². The topological polar surface area (TPSA) is 40.5 Å². The summed E-state index contributed by atoms with van der Waals surface area (Å²) < 4.78 is 94.9. The molecule has 0 radical (unpaired) electrons. The van der Waals surface area contributed by atoms with E-state index in [1.165, 1.54) is 0 Å². The second-order valence-corrected chi connectivity index (χ2v) is 4.62. The molecular weight excluding hydrogens is 333 g/mol. The average molecular weight is 336 g/mol. The van der Waals surface area contributed by atoms with Crippen LogP contribution in [-0.4, -0.2) is 10.2 Å². The molecule has 0 unspecified atom stereocenters. The Labute approximate surface area is 122 Å². The van der Waals surface area contributed by atoms with Gasteiger partial charge in [-0.2, -0.15) is 8.78 Å². The van der Waals surface area contributed by atoms with Gasteiger partial charge in [0.25, 0.3) is 0 Å². The molecule has 3 aromatic rings. The Morgan fingerprint density at radius 2 is 1.00 bits per heavy atom. The number of benzene rings is 3. The molecule has 0 saturated carbocycles. The van der Waals surface area contributed by atoms with Crippen molar-refractivity contribution in [1.29, 1.82) is 0 Å². The van der Waals surface area contributed by atoms with E-state index in [-0.39, 0.29) is 0 Å². The van der Waals surface area contributed by atoms with Gasteiger partial charge in [-0.05, 0) is 6.07 Å². The van der Waals surface area contributed by atoms with Crippen molar-refractivity contribution in [3.05, 3.63) is 46.8 Å². The van der Waals surface area contributed by atoms with Crippen molar-refractivity contribution in [3.63, 3.8) is 0 Å². The third kappa shape index (κ3) is 1.76. The molecule has 0 aliphatic heterocycles. The zero-order valence-electron chi connectivity index (χ0n) is 10.6. The van der Waals surface area contributed by atoms with E-state index in [2.05, 4.69) is 0 Å². The summed E-state index contributed by atoms with van der Waals surface area (Å²) in [5, 5.41) is 14.2. The maximum Gasteiger partial charge on any atom is 0.205 e. The lowest BCUT2D eigenvalue weighted by molar-refractivity contribution is 0.381. The molecule has 0 amide bonds. The molecule has 0 spiro atoms. The molecule has 9 heteroatoms. The van der Waals surface area contributed by atoms with Gasteiger partial charge in [-0.15, -0.1) is 0 Å². The number of phenols is 2. The van der Waals surface area contributed by atoms with Crippen molar-refractivity contribution in [3.8, 4) is 11.5 Å². The van der Waals surface area contributed by atoms with Crippen LogP contribution in [0.5, 0.6) is 11.5 Å². The largest absolute Gasteiger partial charge is 0.504 e. The molecule has 0 atom stereocenters. The van der Waals surface area contributed by atoms with Crippen molar-refractivity contribution >= 4 is 21.5 Å². The quantitative estimate of drug-likeness (QED) is 0.210. The fraction of sp³-hybridized carbons (Fsp3) is 0. The Morgan fingerprint density at radius 3 is 1.61 bits per heavy atom. The molecule has 2 N–H and O–H groups in total. The van der Waals surface area contributed by atoms with E-state index >= 15 is 0 Å². The lowest BCUT2D eigenvalue weighted by Gasteiger charge is -2.12. The van der Waals surface area contributed by atoms with Gasteiger partial charge in [0.1, 0.15) is 5.82 Å². The summed E-state index contributed by atoms with van der Waals surface area (Å²) in [6.07, 6.45) is 0. The standard InChI is InChI=1S/C14H3F7O2/c15-6-2-1-3-5(14(23)12(21)11(20)13(3)22)7(16)4(2)8(17)10(19)9(6)18/h1,22-23H. The van der Waals surface area contributed by atoms with Gasteiger partial charge in [-0.1, -0.05) is 0 Å². The summed E-state index contributed by atoms with van der Waals surface area (Å²) in [7, 11) is 0. The van der Waals surface area contributed by atoms with E-state index in [4.69, 9.17) is 0 Å². The van der Waals surface area contributed by atoms with Crippen molar-refractivity contribution in [2.45, 2.75) is 0 Å². The fourth-order valence-electron chi connectivity index (χ4n) is 2.31. The number of hydrogen-bond acceptors (Lipinski definition) is 2. The molecule has 3 rings (SSSR count). The summed E-state index contributed by atoms with van der Waals surface area (Å²) >= 11 is 0. The molecule has 3 aromatic carbocycles. The highest BCUT2D eigenvalue weighted by atomic mass is 19.2. The molecule has 0 heterocycles. The van der Waals surface area contributed by atoms with Gasteiger partial charge in [0, 0.05) is 10.8 Å². The first-order valence-electron chi connectivity index (χ1n) is 5.85. The Kier molecular flexibility index (Phi) is 3.07. The Balaban J connectivity index is 2.73. The minimum Gasteiger partial charge on any atom is -0.504 e. The van der Waals surface area contributed by atoms with Gasteiger partial charge < -0.3 is 10.2 Å². The Bertz CT molecular complexity index is 936. The molecular formula is C14H3F7O2. The highest BCUT2D eigenvalue weighted by molar-refractivity contribution is 6.04. The Hall–Kier alpha value is -2.71. The van der Waals surface area contributed by atoms with Crippen LogP contribution in [0.15, 0.2) is 6.07 Å². The first kappa shape index (κ1) is 15.2. The monoisotopic (exact) mass is 336 g/mol. The molecule has 0 aromatic heterocycles. The molecule has 0 aliphatic rings. The fourth-order valence-corrected chi connectivity index (χ4v) is 2.31. The van der Waals surface area contributed by atoms with Gasteiger partial charge in [0.15, 0.2) is 34.8 Å². The van der Waals surface area contributed by atoms with Crippen LogP contribution in [0.25, 0.3) is 21.5 Å². The van der Waals surface area contributed by atoms with Gasteiger partial charge in [-0.25, -0.2) is 22.0 Å². The van der Waals surface area contributed by atoms with E-state index in [0.717, 1.165) is 0 Å². The van der Waals surface area contributed by atoms with Gasteiger partial charge in [0.05, 0.1) is 10.8 Å². The van der Waals surface area contributed by atoms with Crippen LogP contribution in [0.4, 0.5) is 30.7 Å². The summed E-state index contributed by atoms with van der Waals surface area (Å²) in [4.78, 5) is 0. The maximum absolute atomic E-state index is 14.3. The number of halogens is 7. The minimum atomic E-state index is -2.32. The van der Waals surface area contributed by atoms with E-state index in [9.17, 15) is 40.9 Å². The van der Waals surface area contributed by atoms with Crippen LogP contribution in [0.2, 0.25) is 0 Å². The van der Waals surface area contributed by atoms with Crippen LogP contribution in [0.1, 0.15) is 0 Å². The van der Waals surface area contributed by atoms with Crippen LogP contribution in [0, 0.1) is 40.7 Å². The second kappa shape index (κ2) is 4.64. The third-order valence-electron chi connectivity index (χ3n) is 3.40. The lowest BCUT2D eigenvalue weighted by Crippen LogP contribution is -2.01. The number of hydrogen-bond donors (Lipinski definition) is 2. The average Bonchev–Trinajstić information content (AvgIpc) is 2.53. The Morgan fingerprint density at radius 1 is 0.478 bits per heavy atom. The predicted molar refractivity (Wildman–Crippen MR) is 64.5 cm³/mol. The molecule has 0 bridgehead atoms. The number of phenolic OH excluding ortho intramolecular Hbond substituents is 2. The van der Waals surface area contributed by atoms with Crippen LogP contribution in [-0.2, 0) is 0 Å². The molecule has 0 aliphatic carbocycles. The first-order valence-corrected chi connectivity index (χ1v) is 5.85. The highest BCUT2D eigenvalue weighted by Crippen LogP contribution is 2.43. The number of fused-ring (bicyclic) bond motifs is 2. The summed E-state index contributed by atoms with van der Waals surface area (Å²) in [5.74, 6) is -17.8. The third-order valence-corrected chi connectivity index (χ3v) is 3.40. The zero-order chi connectivity index (χ0) is 17.2. The normalized spacial score (nSPS) is 11.6. The van der Waals surface area contributed by atoms with Crippen molar-refractivity contribution < 1.29 is 40.9 Å². The van der Waals surface area contributed by atoms with E-state index < -0.39 is 73.8 Å². The van der Waals surface area contributed by atoms with Gasteiger partial charge >= 0.3 is 0 Å². The van der Waals surface area contributed by atoms with Crippen LogP contribution in [0.3, 0.4) is 0 Å². The number of aromatic hydroxyl groups is 2. The number of rotatable bonds is 0. The maximum atomic E-state index is 14.3. The first-order chi connectivity index (χ1) is 10.7. The van der Waals surface area contributed by atoms with Crippen LogP contribution < -0.4 is 0 Å². The van der Waals surface area contributed by atoms with Crippen molar-refractivity contribution in [2.24, 2.45) is 0 Å². The SMILES string of the molecule is Oc1c(F)c(F)c(O)c2c(F)c3c(F)c(F)c(F)c(F)c3cc12. The van der Waals surface area contributed by atoms with Crippen molar-refractivity contribution in [2.75, 3.05) is 0 Å². The summed E-state index contributed by atoms with van der Waals surface area (Å²) in [6.45, 7) is 0. The smallest absolute Gasteiger partial charge is 0.205 e. The second-order valence-electron chi connectivity index (χ2n) is 4.62. The van der Waals surface area contributed by atoms with E-state index in [1.54, 1.807) is 0 Å². The van der Waals surface area contributed by atoms with E-state index in [1.807, 2.05) is 0 Å². The predicted octanol–water partition coefficient (Wildman–Crippen LogP) is 4.38. The van der Waals surface area contributed by atoms with Crippen LogP contribution >= 0.6 is 0 Å². The van der Waals surface area contributed by atoms with Gasteiger partial charge in [0.2, 0.25) is 11.6 Å². The minimum absolute atomic E-state index is 0.367. The van der Waals surface area contributed by atoms with Gasteiger partial charge in [-0.3, -0.25) is 0 Å². The molecule has 2 nitrogen and oxygen atoms in total.